The van der Waals surface area contributed by atoms with Crippen molar-refractivity contribution in [1.29, 1.82) is 0 Å². The number of ether oxygens (including phenoxy) is 1. The lowest BCUT2D eigenvalue weighted by Crippen LogP contribution is -2.29. The number of thiazole rings is 1. The minimum Gasteiger partial charge on any atom is -0.448 e. The number of hydrogen-bond donors (Lipinski definition) is 2. The van der Waals surface area contributed by atoms with Crippen molar-refractivity contribution in [3.63, 3.8) is 0 Å². The van der Waals surface area contributed by atoms with E-state index in [9.17, 15) is 14.4 Å². The molecule has 0 saturated heterocycles. The van der Waals surface area contributed by atoms with Crippen molar-refractivity contribution < 1.29 is 19.1 Å². The predicted octanol–water partition coefficient (Wildman–Crippen LogP) is 5.17. The number of anilines is 2. The second-order valence-corrected chi connectivity index (χ2v) is 9.06. The van der Waals surface area contributed by atoms with Crippen LogP contribution in [-0.4, -0.2) is 28.9 Å². The van der Waals surface area contributed by atoms with E-state index in [0.717, 1.165) is 20.1 Å². The van der Waals surface area contributed by atoms with Crippen LogP contribution in [0.15, 0.2) is 60.7 Å². The fraction of sp³-hybridized carbons (Fsp3) is 0.130. The quantitative estimate of drug-likeness (QED) is 0.383. The number of para-hydroxylation sites is 1. The molecule has 9 heteroatoms. The molecule has 2 amide bonds. The second kappa shape index (κ2) is 9.29. The van der Waals surface area contributed by atoms with Gasteiger partial charge in [0.1, 0.15) is 9.88 Å². The molecule has 32 heavy (non-hydrogen) atoms. The van der Waals surface area contributed by atoms with E-state index in [2.05, 4.69) is 15.6 Å². The summed E-state index contributed by atoms with van der Waals surface area (Å²) >= 11 is 2.84. The Morgan fingerprint density at radius 2 is 1.59 bits per heavy atom. The van der Waals surface area contributed by atoms with Crippen LogP contribution >= 0.6 is 22.7 Å². The van der Waals surface area contributed by atoms with Crippen LogP contribution in [0.1, 0.15) is 23.5 Å². The molecule has 2 aromatic heterocycles. The first-order valence-corrected chi connectivity index (χ1v) is 11.4. The van der Waals surface area contributed by atoms with Crippen molar-refractivity contribution in [3.8, 4) is 9.88 Å². The van der Waals surface area contributed by atoms with Crippen LogP contribution in [0.3, 0.4) is 0 Å². The molecule has 0 fully saturated rings. The molecule has 4 aromatic rings. The van der Waals surface area contributed by atoms with E-state index in [1.807, 2.05) is 30.3 Å². The van der Waals surface area contributed by atoms with Gasteiger partial charge in [0.25, 0.3) is 5.91 Å². The average molecular weight is 466 g/mol. The van der Waals surface area contributed by atoms with Gasteiger partial charge in [0.2, 0.25) is 5.91 Å². The lowest BCUT2D eigenvalue weighted by Gasteiger charge is -2.13. The SMILES string of the molecule is CC(=O)Nc1ccc(NC(=O)[C@H](C)OC(=O)c2ccc(-c3nc4ccccc4s3)s2)cc1. The summed E-state index contributed by atoms with van der Waals surface area (Å²) < 4.78 is 6.42. The summed E-state index contributed by atoms with van der Waals surface area (Å²) in [4.78, 5) is 41.9. The van der Waals surface area contributed by atoms with Crippen molar-refractivity contribution in [3.05, 3.63) is 65.5 Å². The molecule has 7 nitrogen and oxygen atoms in total. The number of nitrogens with one attached hydrogen (secondary N) is 2. The van der Waals surface area contributed by atoms with Crippen LogP contribution in [0.2, 0.25) is 0 Å². The first kappa shape index (κ1) is 21.7. The monoisotopic (exact) mass is 465 g/mol. The van der Waals surface area contributed by atoms with E-state index in [1.165, 1.54) is 25.2 Å². The van der Waals surface area contributed by atoms with E-state index < -0.39 is 18.0 Å². The van der Waals surface area contributed by atoms with Crippen molar-refractivity contribution >= 4 is 62.0 Å². The summed E-state index contributed by atoms with van der Waals surface area (Å²) in [6.07, 6.45) is -0.981. The van der Waals surface area contributed by atoms with Crippen LogP contribution in [0.5, 0.6) is 0 Å². The number of aromatic nitrogens is 1. The molecule has 0 aliphatic rings. The van der Waals surface area contributed by atoms with Gasteiger partial charge in [0.05, 0.1) is 15.1 Å². The Hall–Kier alpha value is -3.56. The van der Waals surface area contributed by atoms with E-state index in [1.54, 1.807) is 41.7 Å². The second-order valence-electron chi connectivity index (χ2n) is 6.95. The number of esters is 1. The van der Waals surface area contributed by atoms with Gasteiger partial charge in [0.15, 0.2) is 6.10 Å². The van der Waals surface area contributed by atoms with Crippen LogP contribution in [0.25, 0.3) is 20.1 Å². The summed E-state index contributed by atoms with van der Waals surface area (Å²) in [5.41, 5.74) is 2.07. The van der Waals surface area contributed by atoms with Gasteiger partial charge in [-0.15, -0.1) is 22.7 Å². The van der Waals surface area contributed by atoms with Crippen molar-refractivity contribution in [2.45, 2.75) is 20.0 Å². The van der Waals surface area contributed by atoms with E-state index >= 15 is 0 Å². The Kier molecular flexibility index (Phi) is 6.29. The van der Waals surface area contributed by atoms with Crippen molar-refractivity contribution in [2.75, 3.05) is 10.6 Å². The van der Waals surface area contributed by atoms with Crippen LogP contribution < -0.4 is 10.6 Å². The van der Waals surface area contributed by atoms with Gasteiger partial charge in [-0.2, -0.15) is 0 Å². The van der Waals surface area contributed by atoms with Crippen LogP contribution in [-0.2, 0) is 14.3 Å². The standard InChI is InChI=1S/C23H19N3O4S2/c1-13(21(28)25-16-9-7-15(8-10-16)24-14(2)27)30-23(29)20-12-11-19(31-20)22-26-17-5-3-4-6-18(17)32-22/h3-13H,1-2H3,(H,24,27)(H,25,28)/t13-/m0/s1. The molecule has 0 aliphatic carbocycles. The molecule has 1 atom stereocenters. The van der Waals surface area contributed by atoms with Crippen molar-refractivity contribution in [2.24, 2.45) is 0 Å². The van der Waals surface area contributed by atoms with Gasteiger partial charge in [-0.05, 0) is 55.5 Å². The van der Waals surface area contributed by atoms with Crippen LogP contribution in [0.4, 0.5) is 11.4 Å². The molecule has 2 heterocycles. The average Bonchev–Trinajstić information content (AvgIpc) is 3.42. The fourth-order valence-electron chi connectivity index (χ4n) is 2.90. The van der Waals surface area contributed by atoms with E-state index in [4.69, 9.17) is 4.74 Å². The summed E-state index contributed by atoms with van der Waals surface area (Å²) in [5.74, 6) is -1.19. The maximum absolute atomic E-state index is 12.5. The lowest BCUT2D eigenvalue weighted by molar-refractivity contribution is -0.123. The predicted molar refractivity (Wildman–Crippen MR) is 127 cm³/mol. The maximum atomic E-state index is 12.5. The first-order valence-electron chi connectivity index (χ1n) is 9.74. The minimum atomic E-state index is -0.981. The normalized spacial score (nSPS) is 11.7. The molecule has 2 N–H and O–H groups in total. The smallest absolute Gasteiger partial charge is 0.349 e. The summed E-state index contributed by atoms with van der Waals surface area (Å²) in [6, 6.07) is 18.0. The number of fused-ring (bicyclic) bond motifs is 1. The first-order chi connectivity index (χ1) is 15.4. The van der Waals surface area contributed by atoms with Gasteiger partial charge in [-0.25, -0.2) is 9.78 Å². The third-order valence-electron chi connectivity index (χ3n) is 4.44. The number of amides is 2. The number of benzene rings is 2. The largest absolute Gasteiger partial charge is 0.448 e. The number of rotatable bonds is 6. The third kappa shape index (κ3) is 5.01. The highest BCUT2D eigenvalue weighted by Crippen LogP contribution is 2.34. The molecule has 0 radical (unpaired) electrons. The van der Waals surface area contributed by atoms with Gasteiger partial charge in [-0.3, -0.25) is 9.59 Å². The minimum absolute atomic E-state index is 0.179. The Balaban J connectivity index is 1.37. The van der Waals surface area contributed by atoms with E-state index in [-0.39, 0.29) is 5.91 Å². The molecule has 0 bridgehead atoms. The lowest BCUT2D eigenvalue weighted by atomic mass is 10.2. The maximum Gasteiger partial charge on any atom is 0.349 e. The van der Waals surface area contributed by atoms with Gasteiger partial charge >= 0.3 is 5.97 Å². The molecule has 162 valence electrons. The Morgan fingerprint density at radius 3 is 2.28 bits per heavy atom. The molecule has 4 rings (SSSR count). The highest BCUT2D eigenvalue weighted by Gasteiger charge is 2.21. The molecule has 0 spiro atoms. The fourth-order valence-corrected chi connectivity index (χ4v) is 4.81. The molecular formula is C23H19N3O4S2. The zero-order valence-corrected chi connectivity index (χ0v) is 18.9. The van der Waals surface area contributed by atoms with Gasteiger partial charge in [0, 0.05) is 18.3 Å². The molecule has 0 saturated carbocycles. The van der Waals surface area contributed by atoms with E-state index in [0.29, 0.717) is 16.3 Å². The summed E-state index contributed by atoms with van der Waals surface area (Å²) in [6.45, 7) is 2.93. The van der Waals surface area contributed by atoms with Gasteiger partial charge < -0.3 is 15.4 Å². The Bertz CT molecular complexity index is 1260. The number of carbonyl (C=O) groups excluding carboxylic acids is 3. The van der Waals surface area contributed by atoms with Crippen molar-refractivity contribution in [1.82, 2.24) is 4.98 Å². The molecular weight excluding hydrogens is 446 g/mol. The highest BCUT2D eigenvalue weighted by atomic mass is 32.1. The summed E-state index contributed by atoms with van der Waals surface area (Å²) in [7, 11) is 0. The topological polar surface area (TPSA) is 97.4 Å². The zero-order valence-electron chi connectivity index (χ0n) is 17.2. The number of carbonyl (C=O) groups is 3. The molecule has 2 aromatic carbocycles. The highest BCUT2D eigenvalue weighted by molar-refractivity contribution is 7.26. The number of thiophene rings is 1. The summed E-state index contributed by atoms with van der Waals surface area (Å²) in [5, 5.41) is 6.18. The number of hydrogen-bond acceptors (Lipinski definition) is 7. The zero-order chi connectivity index (χ0) is 22.7. The number of nitrogens with zero attached hydrogens (tertiary/aromatic N) is 1. The molecule has 0 unspecified atom stereocenters. The Labute approximate surface area is 192 Å². The molecule has 0 aliphatic heterocycles. The Morgan fingerprint density at radius 1 is 0.906 bits per heavy atom. The van der Waals surface area contributed by atoms with Crippen LogP contribution in [0, 0.1) is 0 Å². The van der Waals surface area contributed by atoms with Gasteiger partial charge in [-0.1, -0.05) is 12.1 Å². The third-order valence-corrected chi connectivity index (χ3v) is 6.71.